The van der Waals surface area contributed by atoms with Crippen molar-refractivity contribution in [3.8, 4) is 5.69 Å². The van der Waals surface area contributed by atoms with Crippen molar-refractivity contribution < 1.29 is 0 Å². The molecule has 3 aromatic rings. The normalized spacial score (nSPS) is 11.0. The van der Waals surface area contributed by atoms with Crippen LogP contribution in [0.3, 0.4) is 0 Å². The van der Waals surface area contributed by atoms with Crippen LogP contribution in [0.2, 0.25) is 0 Å². The first kappa shape index (κ1) is 10.8. The van der Waals surface area contributed by atoms with Gasteiger partial charge in [-0.2, -0.15) is 0 Å². The van der Waals surface area contributed by atoms with Crippen LogP contribution in [-0.4, -0.2) is 14.5 Å². The number of anilines is 1. The number of nitrogen functional groups attached to an aromatic ring is 1. The molecule has 0 radical (unpaired) electrons. The second-order valence-electron chi connectivity index (χ2n) is 4.36. The summed E-state index contributed by atoms with van der Waals surface area (Å²) in [5.41, 5.74) is 10.8. The highest BCUT2D eigenvalue weighted by molar-refractivity contribution is 5.95. The molecule has 0 amide bonds. The highest BCUT2D eigenvalue weighted by Crippen LogP contribution is 2.26. The summed E-state index contributed by atoms with van der Waals surface area (Å²) in [6.45, 7) is 4.05. The van der Waals surface area contributed by atoms with E-state index in [0.717, 1.165) is 33.7 Å². The molecular formula is C14H14N4. The van der Waals surface area contributed by atoms with Gasteiger partial charge in [-0.25, -0.2) is 4.98 Å². The highest BCUT2D eigenvalue weighted by Gasteiger charge is 2.10. The van der Waals surface area contributed by atoms with Gasteiger partial charge >= 0.3 is 0 Å². The molecule has 3 rings (SSSR count). The SMILES string of the molecule is Cc1ncn(-c2ccc(N)c3cccnc23)c1C. The number of hydrogen-bond acceptors (Lipinski definition) is 3. The van der Waals surface area contributed by atoms with E-state index in [4.69, 9.17) is 5.73 Å². The number of hydrogen-bond donors (Lipinski definition) is 1. The number of aromatic nitrogens is 3. The van der Waals surface area contributed by atoms with E-state index in [2.05, 4.69) is 9.97 Å². The molecule has 0 fully saturated rings. The van der Waals surface area contributed by atoms with Gasteiger partial charge < -0.3 is 10.3 Å². The zero-order chi connectivity index (χ0) is 12.7. The minimum atomic E-state index is 0.747. The van der Waals surface area contributed by atoms with Crippen molar-refractivity contribution in [3.63, 3.8) is 0 Å². The summed E-state index contributed by atoms with van der Waals surface area (Å²) in [6, 6.07) is 7.78. The molecule has 0 bridgehead atoms. The maximum Gasteiger partial charge on any atom is 0.0998 e. The van der Waals surface area contributed by atoms with Gasteiger partial charge in [-0.15, -0.1) is 0 Å². The average molecular weight is 238 g/mol. The molecule has 2 N–H and O–H groups in total. The van der Waals surface area contributed by atoms with Crippen LogP contribution in [0.1, 0.15) is 11.4 Å². The second-order valence-corrected chi connectivity index (χ2v) is 4.36. The average Bonchev–Trinajstić information content (AvgIpc) is 2.71. The van der Waals surface area contributed by atoms with Crippen molar-refractivity contribution in [2.75, 3.05) is 5.73 Å². The van der Waals surface area contributed by atoms with Gasteiger partial charge in [0.05, 0.1) is 23.2 Å². The molecule has 2 heterocycles. The van der Waals surface area contributed by atoms with Gasteiger partial charge in [-0.3, -0.25) is 4.98 Å². The summed E-state index contributed by atoms with van der Waals surface area (Å²) in [6.07, 6.45) is 3.61. The van der Waals surface area contributed by atoms with E-state index in [1.165, 1.54) is 0 Å². The van der Waals surface area contributed by atoms with E-state index in [-0.39, 0.29) is 0 Å². The summed E-state index contributed by atoms with van der Waals surface area (Å²) in [4.78, 5) is 8.77. The number of rotatable bonds is 1. The van der Waals surface area contributed by atoms with Gasteiger partial charge in [0.1, 0.15) is 0 Å². The molecule has 90 valence electrons. The number of aryl methyl sites for hydroxylation is 1. The van der Waals surface area contributed by atoms with E-state index < -0.39 is 0 Å². The molecule has 0 atom stereocenters. The number of imidazole rings is 1. The monoisotopic (exact) mass is 238 g/mol. The summed E-state index contributed by atoms with van der Waals surface area (Å²) < 4.78 is 2.05. The molecule has 4 nitrogen and oxygen atoms in total. The predicted octanol–water partition coefficient (Wildman–Crippen LogP) is 2.62. The largest absolute Gasteiger partial charge is 0.398 e. The third-order valence-corrected chi connectivity index (χ3v) is 3.29. The molecule has 18 heavy (non-hydrogen) atoms. The summed E-state index contributed by atoms with van der Waals surface area (Å²) in [5, 5.41) is 0.973. The van der Waals surface area contributed by atoms with Crippen molar-refractivity contribution in [2.24, 2.45) is 0 Å². The summed E-state index contributed by atoms with van der Waals surface area (Å²) in [5.74, 6) is 0. The minimum Gasteiger partial charge on any atom is -0.398 e. The molecule has 1 aromatic carbocycles. The van der Waals surface area contributed by atoms with Gasteiger partial charge in [0.15, 0.2) is 0 Å². The molecule has 0 aliphatic heterocycles. The fraction of sp³-hybridized carbons (Fsp3) is 0.143. The van der Waals surface area contributed by atoms with E-state index in [0.29, 0.717) is 0 Å². The molecule has 0 saturated heterocycles. The summed E-state index contributed by atoms with van der Waals surface area (Å²) in [7, 11) is 0. The lowest BCUT2D eigenvalue weighted by Gasteiger charge is -2.10. The van der Waals surface area contributed by atoms with Crippen LogP contribution in [-0.2, 0) is 0 Å². The van der Waals surface area contributed by atoms with Crippen LogP contribution >= 0.6 is 0 Å². The molecule has 4 heteroatoms. The Morgan fingerprint density at radius 3 is 2.67 bits per heavy atom. The topological polar surface area (TPSA) is 56.7 Å². The Hall–Kier alpha value is -2.36. The van der Waals surface area contributed by atoms with Gasteiger partial charge in [0.25, 0.3) is 0 Å². The maximum atomic E-state index is 5.98. The molecule has 0 unspecified atom stereocenters. The Morgan fingerprint density at radius 2 is 1.94 bits per heavy atom. The number of fused-ring (bicyclic) bond motifs is 1. The minimum absolute atomic E-state index is 0.747. The third-order valence-electron chi connectivity index (χ3n) is 3.29. The van der Waals surface area contributed by atoms with Crippen LogP contribution in [0.5, 0.6) is 0 Å². The van der Waals surface area contributed by atoms with Gasteiger partial charge in [-0.1, -0.05) is 0 Å². The Morgan fingerprint density at radius 1 is 1.11 bits per heavy atom. The smallest absolute Gasteiger partial charge is 0.0998 e. The van der Waals surface area contributed by atoms with Crippen molar-refractivity contribution >= 4 is 16.6 Å². The van der Waals surface area contributed by atoms with E-state index >= 15 is 0 Å². The van der Waals surface area contributed by atoms with Crippen molar-refractivity contribution in [2.45, 2.75) is 13.8 Å². The number of nitrogens with two attached hydrogens (primary N) is 1. The first-order chi connectivity index (χ1) is 8.68. The molecule has 0 saturated carbocycles. The molecule has 0 aliphatic carbocycles. The zero-order valence-corrected chi connectivity index (χ0v) is 10.4. The highest BCUT2D eigenvalue weighted by atomic mass is 15.1. The van der Waals surface area contributed by atoms with Crippen molar-refractivity contribution in [3.05, 3.63) is 48.2 Å². The van der Waals surface area contributed by atoms with Crippen LogP contribution in [0.4, 0.5) is 5.69 Å². The van der Waals surface area contributed by atoms with Gasteiger partial charge in [-0.05, 0) is 38.1 Å². The third kappa shape index (κ3) is 1.46. The van der Waals surface area contributed by atoms with Gasteiger partial charge in [0.2, 0.25) is 0 Å². The predicted molar refractivity (Wildman–Crippen MR) is 72.8 cm³/mol. The Labute approximate surface area is 105 Å². The second kappa shape index (κ2) is 3.84. The van der Waals surface area contributed by atoms with Crippen LogP contribution in [0.25, 0.3) is 16.6 Å². The van der Waals surface area contributed by atoms with Crippen LogP contribution in [0.15, 0.2) is 36.8 Å². The van der Waals surface area contributed by atoms with Crippen LogP contribution < -0.4 is 5.73 Å². The fourth-order valence-corrected chi connectivity index (χ4v) is 2.12. The lowest BCUT2D eigenvalue weighted by Crippen LogP contribution is -1.99. The lowest BCUT2D eigenvalue weighted by molar-refractivity contribution is 1.01. The molecule has 0 spiro atoms. The quantitative estimate of drug-likeness (QED) is 0.663. The van der Waals surface area contributed by atoms with E-state index in [1.807, 2.05) is 49.0 Å². The first-order valence-electron chi connectivity index (χ1n) is 5.82. The number of benzene rings is 1. The summed E-state index contributed by atoms with van der Waals surface area (Å²) >= 11 is 0. The maximum absolute atomic E-state index is 5.98. The first-order valence-corrected chi connectivity index (χ1v) is 5.82. The lowest BCUT2D eigenvalue weighted by atomic mass is 10.1. The molecular weight excluding hydrogens is 224 g/mol. The Kier molecular flexibility index (Phi) is 2.30. The van der Waals surface area contributed by atoms with E-state index in [9.17, 15) is 0 Å². The fourth-order valence-electron chi connectivity index (χ4n) is 2.12. The molecule has 2 aromatic heterocycles. The standard InChI is InChI=1S/C14H14N4/c1-9-10(2)18(8-17-9)13-6-5-12(15)11-4-3-7-16-14(11)13/h3-8H,15H2,1-2H3. The molecule has 0 aliphatic rings. The Balaban J connectivity index is 2.37. The van der Waals surface area contributed by atoms with Crippen LogP contribution in [0, 0.1) is 13.8 Å². The Bertz CT molecular complexity index is 728. The van der Waals surface area contributed by atoms with Crippen molar-refractivity contribution in [1.82, 2.24) is 14.5 Å². The zero-order valence-electron chi connectivity index (χ0n) is 10.4. The number of pyridine rings is 1. The van der Waals surface area contributed by atoms with Crippen molar-refractivity contribution in [1.29, 1.82) is 0 Å². The number of nitrogens with zero attached hydrogens (tertiary/aromatic N) is 3. The van der Waals surface area contributed by atoms with E-state index in [1.54, 1.807) is 6.20 Å². The van der Waals surface area contributed by atoms with Gasteiger partial charge in [0, 0.05) is 23.0 Å².